The lowest BCUT2D eigenvalue weighted by Crippen LogP contribution is -2.42. The molecule has 1 aliphatic heterocycles. The van der Waals surface area contributed by atoms with Crippen LogP contribution in [0.5, 0.6) is 0 Å². The van der Waals surface area contributed by atoms with Gasteiger partial charge in [-0.15, -0.1) is 0 Å². The number of pyridine rings is 1. The monoisotopic (exact) mass is 286 g/mol. The molecular formula is C16H22N4O. The summed E-state index contributed by atoms with van der Waals surface area (Å²) in [5.74, 6) is 0.947. The van der Waals surface area contributed by atoms with Crippen LogP contribution in [0.4, 0.5) is 0 Å². The second-order valence-electron chi connectivity index (χ2n) is 6.02. The second-order valence-corrected chi connectivity index (χ2v) is 6.02. The van der Waals surface area contributed by atoms with Crippen molar-refractivity contribution in [3.05, 3.63) is 47.3 Å². The van der Waals surface area contributed by atoms with Gasteiger partial charge in [-0.25, -0.2) is 4.98 Å². The maximum atomic E-state index is 10.8. The molecule has 0 unspecified atom stereocenters. The summed E-state index contributed by atoms with van der Waals surface area (Å²) in [6, 6.07) is 3.96. The maximum Gasteiger partial charge on any atom is 0.109 e. The SMILES string of the molecule is Cc1ccc(C2(O)CCN(Cc3cnc(C)[nH]3)CC2)nc1. The number of nitrogens with one attached hydrogen (secondary N) is 1. The molecule has 21 heavy (non-hydrogen) atoms. The van der Waals surface area contributed by atoms with Crippen LogP contribution in [0, 0.1) is 13.8 Å². The Balaban J connectivity index is 1.62. The normalized spacial score (nSPS) is 18.8. The Labute approximate surface area is 125 Å². The lowest BCUT2D eigenvalue weighted by atomic mass is 9.87. The van der Waals surface area contributed by atoms with Crippen molar-refractivity contribution in [3.8, 4) is 0 Å². The Kier molecular flexibility index (Phi) is 3.78. The predicted molar refractivity (Wildman–Crippen MR) is 80.7 cm³/mol. The Morgan fingerprint density at radius 2 is 1.95 bits per heavy atom. The molecule has 0 amide bonds. The highest BCUT2D eigenvalue weighted by atomic mass is 16.3. The summed E-state index contributed by atoms with van der Waals surface area (Å²) in [5.41, 5.74) is 2.26. The Morgan fingerprint density at radius 3 is 2.52 bits per heavy atom. The fourth-order valence-electron chi connectivity index (χ4n) is 2.87. The van der Waals surface area contributed by atoms with Gasteiger partial charge in [0, 0.05) is 37.7 Å². The van der Waals surface area contributed by atoms with E-state index in [0.717, 1.165) is 55.3 Å². The van der Waals surface area contributed by atoms with Gasteiger partial charge in [-0.2, -0.15) is 0 Å². The molecule has 1 saturated heterocycles. The summed E-state index contributed by atoms with van der Waals surface area (Å²) >= 11 is 0. The number of aromatic nitrogens is 3. The summed E-state index contributed by atoms with van der Waals surface area (Å²) in [6.45, 7) is 6.56. The third-order valence-electron chi connectivity index (χ3n) is 4.22. The van der Waals surface area contributed by atoms with E-state index < -0.39 is 5.60 Å². The molecule has 5 nitrogen and oxygen atoms in total. The largest absolute Gasteiger partial charge is 0.383 e. The minimum atomic E-state index is -0.784. The van der Waals surface area contributed by atoms with E-state index in [0.29, 0.717) is 0 Å². The number of hydrogen-bond acceptors (Lipinski definition) is 4. The molecule has 1 fully saturated rings. The zero-order valence-corrected chi connectivity index (χ0v) is 12.6. The van der Waals surface area contributed by atoms with Crippen LogP contribution in [0.3, 0.4) is 0 Å². The van der Waals surface area contributed by atoms with Crippen LogP contribution in [0.15, 0.2) is 24.5 Å². The number of aliphatic hydroxyl groups is 1. The third kappa shape index (κ3) is 3.14. The van der Waals surface area contributed by atoms with E-state index in [-0.39, 0.29) is 0 Å². The predicted octanol–water partition coefficient (Wildman–Crippen LogP) is 1.91. The molecule has 0 saturated carbocycles. The van der Waals surface area contributed by atoms with E-state index in [4.69, 9.17) is 0 Å². The van der Waals surface area contributed by atoms with Crippen LogP contribution in [0.1, 0.15) is 35.6 Å². The van der Waals surface area contributed by atoms with Gasteiger partial charge in [0.15, 0.2) is 0 Å². The van der Waals surface area contributed by atoms with Gasteiger partial charge >= 0.3 is 0 Å². The number of imidazole rings is 1. The van der Waals surface area contributed by atoms with E-state index in [1.54, 1.807) is 0 Å². The number of rotatable bonds is 3. The van der Waals surface area contributed by atoms with Crippen molar-refractivity contribution in [1.82, 2.24) is 19.9 Å². The van der Waals surface area contributed by atoms with Gasteiger partial charge < -0.3 is 10.1 Å². The molecule has 2 aromatic rings. The van der Waals surface area contributed by atoms with Gasteiger partial charge in [-0.05, 0) is 38.3 Å². The highest BCUT2D eigenvalue weighted by Gasteiger charge is 2.35. The highest BCUT2D eigenvalue weighted by Crippen LogP contribution is 2.31. The quantitative estimate of drug-likeness (QED) is 0.904. The molecule has 1 aliphatic rings. The minimum absolute atomic E-state index is 0.718. The summed E-state index contributed by atoms with van der Waals surface area (Å²) in [5, 5.41) is 10.8. The van der Waals surface area contributed by atoms with Crippen molar-refractivity contribution < 1.29 is 5.11 Å². The molecule has 0 radical (unpaired) electrons. The van der Waals surface area contributed by atoms with Crippen LogP contribution in [-0.2, 0) is 12.1 Å². The van der Waals surface area contributed by atoms with Gasteiger partial charge in [-0.1, -0.05) is 6.07 Å². The van der Waals surface area contributed by atoms with Gasteiger partial charge in [0.1, 0.15) is 11.4 Å². The number of H-pyrrole nitrogens is 1. The van der Waals surface area contributed by atoms with Crippen LogP contribution < -0.4 is 0 Å². The lowest BCUT2D eigenvalue weighted by Gasteiger charge is -2.37. The van der Waals surface area contributed by atoms with E-state index in [9.17, 15) is 5.11 Å². The molecule has 0 spiro atoms. The molecule has 5 heteroatoms. The number of nitrogens with zero attached hydrogens (tertiary/aromatic N) is 3. The van der Waals surface area contributed by atoms with E-state index >= 15 is 0 Å². The Hall–Kier alpha value is -1.72. The van der Waals surface area contributed by atoms with E-state index in [1.165, 1.54) is 0 Å². The van der Waals surface area contributed by atoms with Crippen LogP contribution >= 0.6 is 0 Å². The number of likely N-dealkylation sites (tertiary alicyclic amines) is 1. The van der Waals surface area contributed by atoms with E-state index in [1.807, 2.05) is 38.4 Å². The molecule has 2 aromatic heterocycles. The number of aryl methyl sites for hydroxylation is 2. The minimum Gasteiger partial charge on any atom is -0.383 e. The molecule has 2 N–H and O–H groups in total. The average molecular weight is 286 g/mol. The number of hydrogen-bond donors (Lipinski definition) is 2. The van der Waals surface area contributed by atoms with Crippen LogP contribution in [-0.4, -0.2) is 38.0 Å². The van der Waals surface area contributed by atoms with Crippen molar-refractivity contribution in [2.45, 2.75) is 38.8 Å². The average Bonchev–Trinajstić information content (AvgIpc) is 2.88. The van der Waals surface area contributed by atoms with Crippen molar-refractivity contribution in [1.29, 1.82) is 0 Å². The zero-order chi connectivity index (χ0) is 14.9. The first kappa shape index (κ1) is 14.2. The van der Waals surface area contributed by atoms with Crippen molar-refractivity contribution >= 4 is 0 Å². The lowest BCUT2D eigenvalue weighted by molar-refractivity contribution is -0.0313. The second kappa shape index (κ2) is 5.58. The standard InChI is InChI=1S/C16H22N4O/c1-12-3-4-15(18-9-12)16(21)5-7-20(8-6-16)11-14-10-17-13(2)19-14/h3-4,9-10,21H,5-8,11H2,1-2H3,(H,17,19). The molecule has 0 aliphatic carbocycles. The first-order valence-corrected chi connectivity index (χ1v) is 7.43. The summed E-state index contributed by atoms with van der Waals surface area (Å²) in [7, 11) is 0. The number of piperidine rings is 1. The van der Waals surface area contributed by atoms with Gasteiger partial charge in [0.25, 0.3) is 0 Å². The van der Waals surface area contributed by atoms with Crippen molar-refractivity contribution in [3.63, 3.8) is 0 Å². The summed E-state index contributed by atoms with van der Waals surface area (Å²) < 4.78 is 0. The third-order valence-corrected chi connectivity index (χ3v) is 4.22. The van der Waals surface area contributed by atoms with Gasteiger partial charge in [0.2, 0.25) is 0 Å². The van der Waals surface area contributed by atoms with Gasteiger partial charge in [-0.3, -0.25) is 9.88 Å². The fraction of sp³-hybridized carbons (Fsp3) is 0.500. The molecule has 0 atom stereocenters. The van der Waals surface area contributed by atoms with Gasteiger partial charge in [0.05, 0.1) is 5.69 Å². The van der Waals surface area contributed by atoms with Crippen molar-refractivity contribution in [2.75, 3.05) is 13.1 Å². The first-order valence-electron chi connectivity index (χ1n) is 7.43. The highest BCUT2D eigenvalue weighted by molar-refractivity contribution is 5.18. The summed E-state index contributed by atoms with van der Waals surface area (Å²) in [6.07, 6.45) is 5.15. The zero-order valence-electron chi connectivity index (χ0n) is 12.6. The fourth-order valence-corrected chi connectivity index (χ4v) is 2.87. The summed E-state index contributed by atoms with van der Waals surface area (Å²) in [4.78, 5) is 14.2. The molecular weight excluding hydrogens is 264 g/mol. The van der Waals surface area contributed by atoms with E-state index in [2.05, 4.69) is 19.9 Å². The van der Waals surface area contributed by atoms with Crippen LogP contribution in [0.25, 0.3) is 0 Å². The maximum absolute atomic E-state index is 10.8. The smallest absolute Gasteiger partial charge is 0.109 e. The molecule has 3 heterocycles. The Bertz CT molecular complexity index is 597. The van der Waals surface area contributed by atoms with Crippen LogP contribution in [0.2, 0.25) is 0 Å². The number of aromatic amines is 1. The molecule has 112 valence electrons. The van der Waals surface area contributed by atoms with Crippen molar-refractivity contribution in [2.24, 2.45) is 0 Å². The molecule has 3 rings (SSSR count). The topological polar surface area (TPSA) is 65.0 Å². The Morgan fingerprint density at radius 1 is 1.19 bits per heavy atom. The molecule has 0 aromatic carbocycles. The molecule has 0 bridgehead atoms. The first-order chi connectivity index (χ1) is 10.0.